The Labute approximate surface area is 111 Å². The molecule has 2 aromatic rings. The quantitative estimate of drug-likeness (QED) is 0.948. The molecule has 6 heteroatoms. The third-order valence-electron chi connectivity index (χ3n) is 2.13. The minimum Gasteiger partial charge on any atom is -0.438 e. The fourth-order valence-electron chi connectivity index (χ4n) is 1.29. The molecule has 1 heterocycles. The molecule has 1 amide bonds. The van der Waals surface area contributed by atoms with Gasteiger partial charge in [0, 0.05) is 23.9 Å². The number of hydrogen-bond donors (Lipinski definition) is 1. The molecule has 0 aliphatic carbocycles. The number of hydrogen-bond acceptors (Lipinski definition) is 3. The van der Waals surface area contributed by atoms with Gasteiger partial charge in [-0.2, -0.15) is 0 Å². The number of primary amides is 1. The van der Waals surface area contributed by atoms with Crippen LogP contribution >= 0.6 is 15.9 Å². The van der Waals surface area contributed by atoms with Crippen LogP contribution in [0, 0.1) is 5.82 Å². The van der Waals surface area contributed by atoms with Crippen LogP contribution in [0.1, 0.15) is 10.4 Å². The molecule has 0 unspecified atom stereocenters. The van der Waals surface area contributed by atoms with Crippen molar-refractivity contribution in [3.63, 3.8) is 0 Å². The zero-order valence-electron chi connectivity index (χ0n) is 9.06. The monoisotopic (exact) mass is 310 g/mol. The van der Waals surface area contributed by atoms with Gasteiger partial charge in [0.05, 0.1) is 4.47 Å². The van der Waals surface area contributed by atoms with E-state index in [0.29, 0.717) is 4.47 Å². The summed E-state index contributed by atoms with van der Waals surface area (Å²) in [6.07, 6.45) is 1.39. The predicted molar refractivity (Wildman–Crippen MR) is 66.9 cm³/mol. The van der Waals surface area contributed by atoms with Crippen LogP contribution in [0.15, 0.2) is 41.0 Å². The number of nitrogens with zero attached hydrogens (tertiary/aromatic N) is 1. The number of aromatic nitrogens is 1. The second-order valence-corrected chi connectivity index (χ2v) is 4.28. The van der Waals surface area contributed by atoms with E-state index in [-0.39, 0.29) is 17.2 Å². The van der Waals surface area contributed by atoms with Gasteiger partial charge < -0.3 is 10.5 Å². The smallest absolute Gasteiger partial charge is 0.248 e. The lowest BCUT2D eigenvalue weighted by molar-refractivity contribution is 0.1000. The highest BCUT2D eigenvalue weighted by atomic mass is 79.9. The Hall–Kier alpha value is -1.95. The van der Waals surface area contributed by atoms with E-state index < -0.39 is 11.7 Å². The topological polar surface area (TPSA) is 65.2 Å². The Morgan fingerprint density at radius 3 is 2.83 bits per heavy atom. The summed E-state index contributed by atoms with van der Waals surface area (Å²) in [6.45, 7) is 0. The van der Waals surface area contributed by atoms with Gasteiger partial charge in [0.2, 0.25) is 11.8 Å². The maximum absolute atomic E-state index is 13.1. The average Bonchev–Trinajstić information content (AvgIpc) is 2.34. The lowest BCUT2D eigenvalue weighted by Gasteiger charge is -2.07. The third kappa shape index (κ3) is 2.84. The van der Waals surface area contributed by atoms with Crippen molar-refractivity contribution in [2.24, 2.45) is 5.73 Å². The maximum Gasteiger partial charge on any atom is 0.248 e. The molecule has 1 aromatic heterocycles. The molecule has 0 aliphatic rings. The summed E-state index contributed by atoms with van der Waals surface area (Å²) in [4.78, 5) is 14.9. The first-order valence-corrected chi connectivity index (χ1v) is 5.74. The number of ether oxygens (including phenoxy) is 1. The summed E-state index contributed by atoms with van der Waals surface area (Å²) in [5.41, 5.74) is 5.41. The fraction of sp³-hybridized carbons (Fsp3) is 0. The summed E-state index contributed by atoms with van der Waals surface area (Å²) in [5, 5.41) is 0. The van der Waals surface area contributed by atoms with Crippen LogP contribution < -0.4 is 10.5 Å². The molecule has 0 bridgehead atoms. The van der Waals surface area contributed by atoms with Crippen molar-refractivity contribution in [3.8, 4) is 11.6 Å². The van der Waals surface area contributed by atoms with Gasteiger partial charge in [0.15, 0.2) is 0 Å². The number of amides is 1. The second-order valence-electron chi connectivity index (χ2n) is 3.42. The van der Waals surface area contributed by atoms with Crippen molar-refractivity contribution in [2.75, 3.05) is 0 Å². The van der Waals surface area contributed by atoms with Crippen molar-refractivity contribution in [1.82, 2.24) is 4.98 Å². The average molecular weight is 311 g/mol. The number of pyridine rings is 1. The highest BCUT2D eigenvalue weighted by molar-refractivity contribution is 9.10. The fourth-order valence-corrected chi connectivity index (χ4v) is 1.61. The lowest BCUT2D eigenvalue weighted by atomic mass is 10.2. The van der Waals surface area contributed by atoms with E-state index in [1.165, 1.54) is 36.5 Å². The minimum absolute atomic E-state index is 0.164. The van der Waals surface area contributed by atoms with Gasteiger partial charge >= 0.3 is 0 Å². The molecule has 4 nitrogen and oxygen atoms in total. The number of benzene rings is 1. The van der Waals surface area contributed by atoms with Gasteiger partial charge in [-0.3, -0.25) is 4.79 Å². The molecule has 0 atom stereocenters. The van der Waals surface area contributed by atoms with Gasteiger partial charge in [-0.25, -0.2) is 9.37 Å². The van der Waals surface area contributed by atoms with Crippen LogP contribution in [0.5, 0.6) is 11.6 Å². The van der Waals surface area contributed by atoms with Crippen LogP contribution in [-0.2, 0) is 0 Å². The summed E-state index contributed by atoms with van der Waals surface area (Å²) >= 11 is 3.22. The largest absolute Gasteiger partial charge is 0.438 e. The molecule has 92 valence electrons. The number of halogens is 2. The number of carbonyl (C=O) groups excluding carboxylic acids is 1. The highest BCUT2D eigenvalue weighted by Gasteiger charge is 2.07. The summed E-state index contributed by atoms with van der Waals surface area (Å²) < 4.78 is 19.0. The molecule has 0 saturated carbocycles. The Balaban J connectivity index is 2.31. The van der Waals surface area contributed by atoms with Crippen molar-refractivity contribution in [1.29, 1.82) is 0 Å². The first kappa shape index (κ1) is 12.5. The third-order valence-corrected chi connectivity index (χ3v) is 2.78. The second kappa shape index (κ2) is 5.14. The molecule has 2 rings (SSSR count). The zero-order chi connectivity index (χ0) is 13.1. The van der Waals surface area contributed by atoms with Crippen molar-refractivity contribution in [2.45, 2.75) is 0 Å². The van der Waals surface area contributed by atoms with Gasteiger partial charge in [0.1, 0.15) is 11.6 Å². The van der Waals surface area contributed by atoms with E-state index in [2.05, 4.69) is 20.9 Å². The number of carbonyl (C=O) groups is 1. The summed E-state index contributed by atoms with van der Waals surface area (Å²) in [6, 6.07) is 6.88. The SMILES string of the molecule is NC(=O)c1ccnc(Oc2cc(F)ccc2Br)c1. The van der Waals surface area contributed by atoms with Crippen LogP contribution in [0.3, 0.4) is 0 Å². The van der Waals surface area contributed by atoms with Crippen LogP contribution in [-0.4, -0.2) is 10.9 Å². The maximum atomic E-state index is 13.1. The van der Waals surface area contributed by atoms with Gasteiger partial charge in [-0.15, -0.1) is 0 Å². The van der Waals surface area contributed by atoms with Crippen LogP contribution in [0.25, 0.3) is 0 Å². The Morgan fingerprint density at radius 1 is 1.33 bits per heavy atom. The summed E-state index contributed by atoms with van der Waals surface area (Å²) in [7, 11) is 0. The first-order chi connectivity index (χ1) is 8.56. The standard InChI is InChI=1S/C12H8BrFN2O2/c13-9-2-1-8(14)6-10(9)18-11-5-7(12(15)17)3-4-16-11/h1-6H,(H2,15,17). The van der Waals surface area contributed by atoms with E-state index in [4.69, 9.17) is 10.5 Å². The van der Waals surface area contributed by atoms with Gasteiger partial charge in [-0.05, 0) is 34.1 Å². The van der Waals surface area contributed by atoms with Crippen molar-refractivity contribution >= 4 is 21.8 Å². The normalized spacial score (nSPS) is 10.1. The molecule has 0 spiro atoms. The lowest BCUT2D eigenvalue weighted by Crippen LogP contribution is -2.10. The predicted octanol–water partition coefficient (Wildman–Crippen LogP) is 2.87. The molecule has 0 fully saturated rings. The van der Waals surface area contributed by atoms with E-state index in [1.54, 1.807) is 0 Å². The molecule has 2 N–H and O–H groups in total. The van der Waals surface area contributed by atoms with Gasteiger partial charge in [-0.1, -0.05) is 0 Å². The number of nitrogens with two attached hydrogens (primary N) is 1. The van der Waals surface area contributed by atoms with Crippen LogP contribution in [0.4, 0.5) is 4.39 Å². The van der Waals surface area contributed by atoms with Gasteiger partial charge in [0.25, 0.3) is 0 Å². The molecule has 0 radical (unpaired) electrons. The highest BCUT2D eigenvalue weighted by Crippen LogP contribution is 2.29. The summed E-state index contributed by atoms with van der Waals surface area (Å²) in [5.74, 6) is -0.582. The van der Waals surface area contributed by atoms with E-state index in [9.17, 15) is 9.18 Å². The Kier molecular flexibility index (Phi) is 3.57. The molecule has 18 heavy (non-hydrogen) atoms. The molecule has 0 saturated heterocycles. The zero-order valence-corrected chi connectivity index (χ0v) is 10.6. The molecule has 1 aromatic carbocycles. The van der Waals surface area contributed by atoms with Crippen molar-refractivity contribution in [3.05, 3.63) is 52.4 Å². The van der Waals surface area contributed by atoms with E-state index in [0.717, 1.165) is 0 Å². The van der Waals surface area contributed by atoms with E-state index in [1.807, 2.05) is 0 Å². The first-order valence-electron chi connectivity index (χ1n) is 4.95. The molecular formula is C12H8BrFN2O2. The van der Waals surface area contributed by atoms with Crippen molar-refractivity contribution < 1.29 is 13.9 Å². The van der Waals surface area contributed by atoms with E-state index >= 15 is 0 Å². The minimum atomic E-state index is -0.583. The molecular weight excluding hydrogens is 303 g/mol. The van der Waals surface area contributed by atoms with Crippen LogP contribution in [0.2, 0.25) is 0 Å². The Bertz CT molecular complexity index is 604. The molecule has 0 aliphatic heterocycles. The Morgan fingerprint density at radius 2 is 2.11 bits per heavy atom. The number of rotatable bonds is 3.